The first-order chi connectivity index (χ1) is 7.12. The van der Waals surface area contributed by atoms with E-state index in [1.54, 1.807) is 7.11 Å². The minimum absolute atomic E-state index is 0.280. The Balaban J connectivity index is 2.34. The van der Waals surface area contributed by atoms with E-state index in [9.17, 15) is 4.79 Å². The van der Waals surface area contributed by atoms with Crippen LogP contribution in [0.4, 0.5) is 0 Å². The molecule has 1 aliphatic rings. The Morgan fingerprint density at radius 2 is 2.33 bits per heavy atom. The van der Waals surface area contributed by atoms with Crippen LogP contribution in [0.2, 0.25) is 0 Å². The van der Waals surface area contributed by atoms with E-state index < -0.39 is 5.54 Å². The van der Waals surface area contributed by atoms with Crippen LogP contribution >= 0.6 is 11.8 Å². The average Bonchev–Trinajstić information content (AvgIpc) is 2.61. The second kappa shape index (κ2) is 5.72. The van der Waals surface area contributed by atoms with Crippen LogP contribution in [0, 0.1) is 0 Å². The molecule has 15 heavy (non-hydrogen) atoms. The number of hydrogen-bond acceptors (Lipinski definition) is 5. The lowest BCUT2D eigenvalue weighted by atomic mass is 10.00. The molecule has 1 rings (SSSR count). The van der Waals surface area contributed by atoms with Gasteiger partial charge in [0, 0.05) is 18.1 Å². The van der Waals surface area contributed by atoms with Crippen LogP contribution in [-0.2, 0) is 14.3 Å². The predicted octanol–water partition coefficient (Wildman–Crippen LogP) is 0.789. The van der Waals surface area contributed by atoms with Gasteiger partial charge in [0.05, 0.1) is 13.7 Å². The van der Waals surface area contributed by atoms with Gasteiger partial charge in [0.1, 0.15) is 5.54 Å². The zero-order valence-corrected chi connectivity index (χ0v) is 10.1. The normalized spacial score (nSPS) is 30.5. The highest BCUT2D eigenvalue weighted by molar-refractivity contribution is 7.99. The quantitative estimate of drug-likeness (QED) is 0.562. The SMILES string of the molecule is COCCSC1CCC(N)(C(=O)OC)C1. The van der Waals surface area contributed by atoms with Crippen molar-refractivity contribution in [3.05, 3.63) is 0 Å². The van der Waals surface area contributed by atoms with Gasteiger partial charge in [-0.25, -0.2) is 0 Å². The van der Waals surface area contributed by atoms with Gasteiger partial charge < -0.3 is 15.2 Å². The zero-order valence-electron chi connectivity index (χ0n) is 9.32. The topological polar surface area (TPSA) is 61.5 Å². The van der Waals surface area contributed by atoms with E-state index in [2.05, 4.69) is 0 Å². The minimum atomic E-state index is -0.751. The summed E-state index contributed by atoms with van der Waals surface area (Å²) in [4.78, 5) is 11.4. The van der Waals surface area contributed by atoms with E-state index in [1.165, 1.54) is 7.11 Å². The summed E-state index contributed by atoms with van der Waals surface area (Å²) in [6.07, 6.45) is 2.43. The third kappa shape index (κ3) is 3.36. The van der Waals surface area contributed by atoms with Crippen molar-refractivity contribution in [2.75, 3.05) is 26.6 Å². The van der Waals surface area contributed by atoms with Gasteiger partial charge in [-0.3, -0.25) is 4.79 Å². The second-order valence-corrected chi connectivity index (χ2v) is 5.28. The molecule has 1 saturated carbocycles. The van der Waals surface area contributed by atoms with Crippen LogP contribution in [0.1, 0.15) is 19.3 Å². The molecule has 5 heteroatoms. The summed E-state index contributed by atoms with van der Waals surface area (Å²) in [5, 5.41) is 0.462. The molecule has 0 spiro atoms. The second-order valence-electron chi connectivity index (χ2n) is 3.88. The Morgan fingerprint density at radius 1 is 1.60 bits per heavy atom. The molecule has 0 heterocycles. The molecular formula is C10H19NO3S. The van der Waals surface area contributed by atoms with Crippen LogP contribution in [0.15, 0.2) is 0 Å². The van der Waals surface area contributed by atoms with Gasteiger partial charge in [-0.2, -0.15) is 11.8 Å². The van der Waals surface area contributed by atoms with Gasteiger partial charge in [0.25, 0.3) is 0 Å². The minimum Gasteiger partial charge on any atom is -0.468 e. The molecule has 0 aromatic carbocycles. The van der Waals surface area contributed by atoms with Crippen molar-refractivity contribution in [2.24, 2.45) is 5.73 Å². The first kappa shape index (κ1) is 12.8. The van der Waals surface area contributed by atoms with Crippen molar-refractivity contribution in [1.29, 1.82) is 0 Å². The van der Waals surface area contributed by atoms with Crippen LogP contribution in [0.3, 0.4) is 0 Å². The molecule has 0 aromatic heterocycles. The van der Waals surface area contributed by atoms with Gasteiger partial charge >= 0.3 is 5.97 Å². The highest BCUT2D eigenvalue weighted by Gasteiger charge is 2.42. The highest BCUT2D eigenvalue weighted by atomic mass is 32.2. The summed E-state index contributed by atoms with van der Waals surface area (Å²) in [7, 11) is 3.08. The zero-order chi connectivity index (χ0) is 11.3. The highest BCUT2D eigenvalue weighted by Crippen LogP contribution is 2.36. The number of methoxy groups -OCH3 is 2. The molecule has 0 aliphatic heterocycles. The van der Waals surface area contributed by atoms with Gasteiger partial charge in [-0.1, -0.05) is 0 Å². The molecule has 0 radical (unpaired) electrons. The van der Waals surface area contributed by atoms with Crippen molar-refractivity contribution in [1.82, 2.24) is 0 Å². The van der Waals surface area contributed by atoms with Crippen molar-refractivity contribution in [3.8, 4) is 0 Å². The lowest BCUT2D eigenvalue weighted by Gasteiger charge is -2.20. The van der Waals surface area contributed by atoms with Gasteiger partial charge in [-0.05, 0) is 19.3 Å². The molecule has 0 aromatic rings. The number of carbonyl (C=O) groups is 1. The first-order valence-corrected chi connectivity index (χ1v) is 6.15. The Morgan fingerprint density at radius 3 is 2.93 bits per heavy atom. The number of hydrogen-bond donors (Lipinski definition) is 1. The summed E-state index contributed by atoms with van der Waals surface area (Å²) < 4.78 is 9.69. The molecule has 88 valence electrons. The number of thioether (sulfide) groups is 1. The molecule has 2 N–H and O–H groups in total. The predicted molar refractivity (Wildman–Crippen MR) is 60.9 cm³/mol. The van der Waals surface area contributed by atoms with E-state index >= 15 is 0 Å². The molecule has 0 saturated heterocycles. The Hall–Kier alpha value is -0.260. The monoisotopic (exact) mass is 233 g/mol. The molecule has 1 fully saturated rings. The lowest BCUT2D eigenvalue weighted by Crippen LogP contribution is -2.46. The van der Waals surface area contributed by atoms with Crippen molar-refractivity contribution in [2.45, 2.75) is 30.1 Å². The summed E-state index contributed by atoms with van der Waals surface area (Å²) in [5.74, 6) is 0.677. The Bertz CT molecular complexity index is 225. The fraction of sp³-hybridized carbons (Fsp3) is 0.900. The van der Waals surface area contributed by atoms with E-state index in [-0.39, 0.29) is 5.97 Å². The molecule has 1 aliphatic carbocycles. The molecule has 0 amide bonds. The summed E-state index contributed by atoms with van der Waals surface area (Å²) in [6.45, 7) is 0.747. The van der Waals surface area contributed by atoms with Crippen LogP contribution in [0.25, 0.3) is 0 Å². The Labute approximate surface area is 94.9 Å². The first-order valence-electron chi connectivity index (χ1n) is 5.10. The summed E-state index contributed by atoms with van der Waals surface area (Å²) in [6, 6.07) is 0. The fourth-order valence-corrected chi connectivity index (χ4v) is 3.15. The largest absolute Gasteiger partial charge is 0.468 e. The third-order valence-electron chi connectivity index (χ3n) is 2.74. The van der Waals surface area contributed by atoms with Crippen molar-refractivity contribution < 1.29 is 14.3 Å². The molecule has 4 nitrogen and oxygen atoms in total. The molecule has 2 atom stereocenters. The number of ether oxygens (including phenoxy) is 2. The number of carbonyl (C=O) groups excluding carboxylic acids is 1. The van der Waals surface area contributed by atoms with Crippen molar-refractivity contribution in [3.63, 3.8) is 0 Å². The molecular weight excluding hydrogens is 214 g/mol. The van der Waals surface area contributed by atoms with Gasteiger partial charge in [0.15, 0.2) is 0 Å². The number of nitrogens with two attached hydrogens (primary N) is 1. The molecule has 0 bridgehead atoms. The lowest BCUT2D eigenvalue weighted by molar-refractivity contribution is -0.146. The average molecular weight is 233 g/mol. The smallest absolute Gasteiger partial charge is 0.325 e. The van der Waals surface area contributed by atoms with Gasteiger partial charge in [-0.15, -0.1) is 0 Å². The maximum atomic E-state index is 11.4. The van der Waals surface area contributed by atoms with Crippen LogP contribution in [-0.4, -0.2) is 43.3 Å². The summed E-state index contributed by atoms with van der Waals surface area (Å²) in [5.41, 5.74) is 5.24. The maximum absolute atomic E-state index is 11.4. The van der Waals surface area contributed by atoms with E-state index in [4.69, 9.17) is 15.2 Å². The van der Waals surface area contributed by atoms with E-state index in [0.29, 0.717) is 11.7 Å². The Kier molecular flexibility index (Phi) is 4.89. The standard InChI is InChI=1S/C10H19NO3S/c1-13-5-6-15-8-3-4-10(11,7-8)9(12)14-2/h8H,3-7,11H2,1-2H3. The van der Waals surface area contributed by atoms with Crippen molar-refractivity contribution >= 4 is 17.7 Å². The number of rotatable bonds is 5. The number of esters is 1. The maximum Gasteiger partial charge on any atom is 0.325 e. The molecule has 2 unspecified atom stereocenters. The fourth-order valence-electron chi connectivity index (χ4n) is 1.86. The van der Waals surface area contributed by atoms with Crippen LogP contribution in [0.5, 0.6) is 0 Å². The van der Waals surface area contributed by atoms with E-state index in [1.807, 2.05) is 11.8 Å². The summed E-state index contributed by atoms with van der Waals surface area (Å²) >= 11 is 1.83. The third-order valence-corrected chi connectivity index (χ3v) is 4.01. The van der Waals surface area contributed by atoms with Gasteiger partial charge in [0.2, 0.25) is 0 Å². The van der Waals surface area contributed by atoms with E-state index in [0.717, 1.165) is 25.2 Å². The van der Waals surface area contributed by atoms with Crippen LogP contribution < -0.4 is 5.73 Å².